The number of carbonyl (C=O) groups excluding carboxylic acids is 2. The van der Waals surface area contributed by atoms with E-state index in [-0.39, 0.29) is 17.5 Å². The number of rotatable bonds is 6. The Morgan fingerprint density at radius 2 is 1.61 bits per heavy atom. The molecule has 5 rings (SSSR count). The number of anilines is 1. The summed E-state index contributed by atoms with van der Waals surface area (Å²) in [5, 5.41) is 19.2. The zero-order valence-electron chi connectivity index (χ0n) is 25.0. The van der Waals surface area contributed by atoms with Crippen LogP contribution in [0.4, 0.5) is 10.1 Å². The van der Waals surface area contributed by atoms with Gasteiger partial charge in [-0.05, 0) is 89.7 Å². The summed E-state index contributed by atoms with van der Waals surface area (Å²) >= 11 is 0. The van der Waals surface area contributed by atoms with Gasteiger partial charge in [-0.3, -0.25) is 15.0 Å². The Balaban J connectivity index is 0.000000227. The number of carbonyl (C=O) groups is 2. The summed E-state index contributed by atoms with van der Waals surface area (Å²) in [6.45, 7) is 9.85. The van der Waals surface area contributed by atoms with Crippen molar-refractivity contribution in [3.05, 3.63) is 64.7 Å². The van der Waals surface area contributed by atoms with Gasteiger partial charge in [0.15, 0.2) is 0 Å². The minimum atomic E-state index is -0.986. The standard InChI is InChI=1S/C14H19FN4O.C8H10.C5H9NO.C5H11N/c1-17-11-5-4-9(7-10(11)13(15)16)8-19-14(20)12-3-2-6-18-12;1-7-3-5-8(2)6-4-7;7-5-6-3-1-2-4-6;1-2-4-6-5-3-1/h4-5,7,12,16-18H,2-3,6,8H2,1H3,(H,19,20);3-6H,1-2H3;5H,1-4H2;6H,1-5H2. The molecule has 1 unspecified atom stereocenters. The molecule has 9 heteroatoms. The maximum atomic E-state index is 13.2. The van der Waals surface area contributed by atoms with Crippen LogP contribution < -0.4 is 21.3 Å². The molecule has 0 radical (unpaired) electrons. The van der Waals surface area contributed by atoms with E-state index in [4.69, 9.17) is 5.41 Å². The second-order valence-corrected chi connectivity index (χ2v) is 10.6. The number of hydrogen-bond donors (Lipinski definition) is 5. The molecule has 2 amide bonds. The fourth-order valence-electron chi connectivity index (χ4n) is 4.61. The molecule has 3 fully saturated rings. The van der Waals surface area contributed by atoms with Gasteiger partial charge in [0.25, 0.3) is 0 Å². The van der Waals surface area contributed by atoms with Crippen molar-refractivity contribution in [3.8, 4) is 0 Å². The molecule has 3 saturated heterocycles. The Bertz CT molecular complexity index is 1010. The highest BCUT2D eigenvalue weighted by atomic mass is 19.1. The minimum Gasteiger partial charge on any atom is -0.388 e. The van der Waals surface area contributed by atoms with Crippen molar-refractivity contribution in [1.82, 2.24) is 20.9 Å². The molecule has 41 heavy (non-hydrogen) atoms. The first-order chi connectivity index (χ1) is 19.8. The Labute approximate surface area is 245 Å². The van der Waals surface area contributed by atoms with Crippen LogP contribution in [0.25, 0.3) is 0 Å². The average molecular weight is 569 g/mol. The fraction of sp³-hybridized carbons (Fsp3) is 0.531. The summed E-state index contributed by atoms with van der Waals surface area (Å²) in [6, 6.07) is 13.5. The van der Waals surface area contributed by atoms with Gasteiger partial charge in [0.05, 0.1) is 11.6 Å². The van der Waals surface area contributed by atoms with Crippen LogP contribution in [-0.2, 0) is 16.1 Å². The van der Waals surface area contributed by atoms with Crippen LogP contribution >= 0.6 is 0 Å². The number of nitrogens with zero attached hydrogens (tertiary/aromatic N) is 1. The zero-order valence-corrected chi connectivity index (χ0v) is 25.0. The normalized spacial score (nSPS) is 17.5. The van der Waals surface area contributed by atoms with Crippen LogP contribution in [0.2, 0.25) is 0 Å². The summed E-state index contributed by atoms with van der Waals surface area (Å²) in [5.41, 5.74) is 4.20. The summed E-state index contributed by atoms with van der Waals surface area (Å²) in [4.78, 5) is 23.6. The van der Waals surface area contributed by atoms with E-state index in [0.29, 0.717) is 12.2 Å². The van der Waals surface area contributed by atoms with Gasteiger partial charge in [-0.1, -0.05) is 47.9 Å². The summed E-state index contributed by atoms with van der Waals surface area (Å²) in [7, 11) is 1.68. The summed E-state index contributed by atoms with van der Waals surface area (Å²) < 4.78 is 13.2. The van der Waals surface area contributed by atoms with Gasteiger partial charge in [0, 0.05) is 32.4 Å². The van der Waals surface area contributed by atoms with Crippen LogP contribution in [0.15, 0.2) is 42.5 Å². The highest BCUT2D eigenvalue weighted by Crippen LogP contribution is 2.18. The van der Waals surface area contributed by atoms with E-state index in [2.05, 4.69) is 59.4 Å². The number of amides is 2. The smallest absolute Gasteiger partial charge is 0.237 e. The Kier molecular flexibility index (Phi) is 16.3. The van der Waals surface area contributed by atoms with Crippen molar-refractivity contribution in [2.45, 2.75) is 71.4 Å². The predicted molar refractivity (Wildman–Crippen MR) is 166 cm³/mol. The zero-order chi connectivity index (χ0) is 29.9. The molecule has 5 N–H and O–H groups in total. The molecule has 3 aliphatic rings. The second-order valence-electron chi connectivity index (χ2n) is 10.6. The Morgan fingerprint density at radius 1 is 0.976 bits per heavy atom. The monoisotopic (exact) mass is 568 g/mol. The molecular formula is C32H49FN6O2. The molecule has 3 aliphatic heterocycles. The predicted octanol–water partition coefficient (Wildman–Crippen LogP) is 4.69. The molecule has 0 spiro atoms. The van der Waals surface area contributed by atoms with E-state index >= 15 is 0 Å². The minimum absolute atomic E-state index is 0.0305. The molecule has 2 aromatic rings. The first-order valence-corrected chi connectivity index (χ1v) is 14.8. The van der Waals surface area contributed by atoms with E-state index in [9.17, 15) is 14.0 Å². The lowest BCUT2D eigenvalue weighted by Gasteiger charge is -2.12. The second kappa shape index (κ2) is 19.7. The van der Waals surface area contributed by atoms with Gasteiger partial charge in [-0.2, -0.15) is 4.39 Å². The largest absolute Gasteiger partial charge is 0.388 e. The van der Waals surface area contributed by atoms with Crippen molar-refractivity contribution in [3.63, 3.8) is 0 Å². The van der Waals surface area contributed by atoms with Crippen LogP contribution in [-0.4, -0.2) is 69.0 Å². The lowest BCUT2D eigenvalue weighted by molar-refractivity contribution is -0.123. The van der Waals surface area contributed by atoms with Crippen molar-refractivity contribution in [1.29, 1.82) is 5.41 Å². The number of benzene rings is 2. The molecule has 0 bridgehead atoms. The van der Waals surface area contributed by atoms with Crippen molar-refractivity contribution < 1.29 is 14.0 Å². The number of halogens is 1. The van der Waals surface area contributed by atoms with E-state index < -0.39 is 5.97 Å². The molecular weight excluding hydrogens is 519 g/mol. The van der Waals surface area contributed by atoms with Crippen LogP contribution in [0, 0.1) is 19.3 Å². The average Bonchev–Trinajstić information content (AvgIpc) is 3.74. The third-order valence-electron chi connectivity index (χ3n) is 7.15. The molecule has 0 aliphatic carbocycles. The first-order valence-electron chi connectivity index (χ1n) is 14.8. The topological polar surface area (TPSA) is 109 Å². The summed E-state index contributed by atoms with van der Waals surface area (Å²) in [5.74, 6) is -1.02. The number of piperidine rings is 1. The van der Waals surface area contributed by atoms with Crippen LogP contribution in [0.1, 0.15) is 67.2 Å². The van der Waals surface area contributed by atoms with E-state index in [1.807, 2.05) is 0 Å². The maximum Gasteiger partial charge on any atom is 0.237 e. The summed E-state index contributed by atoms with van der Waals surface area (Å²) in [6.07, 6.45) is 9.39. The van der Waals surface area contributed by atoms with E-state index in [0.717, 1.165) is 44.4 Å². The number of aryl methyl sites for hydroxylation is 2. The van der Waals surface area contributed by atoms with Crippen LogP contribution in [0.3, 0.4) is 0 Å². The molecule has 0 aromatic heterocycles. The lowest BCUT2D eigenvalue weighted by Crippen LogP contribution is -2.40. The molecule has 2 aromatic carbocycles. The van der Waals surface area contributed by atoms with Crippen molar-refractivity contribution >= 4 is 24.0 Å². The first kappa shape index (κ1) is 33.9. The van der Waals surface area contributed by atoms with Crippen molar-refractivity contribution in [2.24, 2.45) is 0 Å². The van der Waals surface area contributed by atoms with Gasteiger partial charge in [0.2, 0.25) is 18.3 Å². The third-order valence-corrected chi connectivity index (χ3v) is 7.15. The molecule has 1 atom stereocenters. The van der Waals surface area contributed by atoms with Gasteiger partial charge in [-0.25, -0.2) is 0 Å². The van der Waals surface area contributed by atoms with Gasteiger partial charge in [-0.15, -0.1) is 0 Å². The van der Waals surface area contributed by atoms with Crippen LogP contribution in [0.5, 0.6) is 0 Å². The van der Waals surface area contributed by atoms with Crippen molar-refractivity contribution in [2.75, 3.05) is 45.1 Å². The number of likely N-dealkylation sites (tertiary alicyclic amines) is 1. The van der Waals surface area contributed by atoms with Gasteiger partial charge < -0.3 is 26.2 Å². The molecule has 226 valence electrons. The third kappa shape index (κ3) is 13.7. The maximum absolute atomic E-state index is 13.2. The molecule has 3 heterocycles. The van der Waals surface area contributed by atoms with Gasteiger partial charge in [0.1, 0.15) is 0 Å². The van der Waals surface area contributed by atoms with E-state index in [1.54, 1.807) is 30.1 Å². The number of nitrogens with one attached hydrogen (secondary N) is 5. The quantitative estimate of drug-likeness (QED) is 0.257. The molecule has 8 nitrogen and oxygen atoms in total. The Hall–Kier alpha value is -3.30. The SMILES string of the molecule is C1CCNCC1.CNc1ccc(CNC(=O)C2CCCN2)cc1C(=N)F.Cc1ccc(C)cc1.O=CN1CCCC1. The molecule has 0 saturated carbocycles. The number of hydrogen-bond acceptors (Lipinski definition) is 6. The highest BCUT2D eigenvalue weighted by Gasteiger charge is 2.21. The Morgan fingerprint density at radius 3 is 2.02 bits per heavy atom. The fourth-order valence-corrected chi connectivity index (χ4v) is 4.61. The van der Waals surface area contributed by atoms with Gasteiger partial charge >= 0.3 is 0 Å². The lowest BCUT2D eigenvalue weighted by atomic mass is 10.1. The van der Waals surface area contributed by atoms with E-state index in [1.165, 1.54) is 56.3 Å². The highest BCUT2D eigenvalue weighted by molar-refractivity contribution is 5.96.